The average molecular weight is 391 g/mol. The van der Waals surface area contributed by atoms with Crippen molar-refractivity contribution < 1.29 is 13.9 Å². The number of rotatable bonds is 6. The second-order valence-electron chi connectivity index (χ2n) is 7.06. The number of carbonyl (C=O) groups excluding carboxylic acids is 1. The van der Waals surface area contributed by atoms with E-state index >= 15 is 0 Å². The van der Waals surface area contributed by atoms with Gasteiger partial charge in [0.25, 0.3) is 5.91 Å². The highest BCUT2D eigenvalue weighted by Crippen LogP contribution is 2.23. The maximum absolute atomic E-state index is 13.8. The van der Waals surface area contributed by atoms with E-state index in [2.05, 4.69) is 24.1 Å². The van der Waals surface area contributed by atoms with E-state index in [1.165, 1.54) is 23.6 Å². The van der Waals surface area contributed by atoms with Crippen LogP contribution in [0.2, 0.25) is 0 Å². The Balaban J connectivity index is 1.49. The van der Waals surface area contributed by atoms with Crippen LogP contribution in [0.15, 0.2) is 24.3 Å². The summed E-state index contributed by atoms with van der Waals surface area (Å²) in [6.45, 7) is 6.67. The number of ether oxygens (including phenoxy) is 1. The number of nitrogens with zero attached hydrogens (tertiary/aromatic N) is 1. The molecule has 4 nitrogen and oxygen atoms in total. The fourth-order valence-corrected chi connectivity index (χ4v) is 4.56. The fourth-order valence-electron chi connectivity index (χ4n) is 3.54. The van der Waals surface area contributed by atoms with Crippen LogP contribution in [0.25, 0.3) is 0 Å². The molecule has 3 rings (SSSR count). The second-order valence-corrected chi connectivity index (χ2v) is 8.20. The van der Waals surface area contributed by atoms with Gasteiger partial charge in [-0.05, 0) is 55.5 Å². The number of methoxy groups -OCH3 is 1. The van der Waals surface area contributed by atoms with Gasteiger partial charge < -0.3 is 10.1 Å². The van der Waals surface area contributed by atoms with Gasteiger partial charge in [-0.15, -0.1) is 11.3 Å². The zero-order valence-electron chi connectivity index (χ0n) is 16.2. The summed E-state index contributed by atoms with van der Waals surface area (Å²) in [6, 6.07) is 7.31. The number of aryl methyl sites for hydroxylation is 2. The molecule has 0 aliphatic carbocycles. The van der Waals surface area contributed by atoms with E-state index in [0.717, 1.165) is 42.8 Å². The molecule has 1 aromatic carbocycles. The lowest BCUT2D eigenvalue weighted by Gasteiger charge is -2.32. The minimum Gasteiger partial charge on any atom is -0.494 e. The Hall–Kier alpha value is -1.92. The topological polar surface area (TPSA) is 41.6 Å². The molecule has 2 heterocycles. The maximum Gasteiger partial charge on any atom is 0.261 e. The molecule has 1 saturated heterocycles. The van der Waals surface area contributed by atoms with Crippen LogP contribution in [0.4, 0.5) is 4.39 Å². The van der Waals surface area contributed by atoms with Crippen molar-refractivity contribution in [1.29, 1.82) is 0 Å². The Kier molecular flexibility index (Phi) is 6.50. The number of halogens is 1. The summed E-state index contributed by atoms with van der Waals surface area (Å²) in [6.07, 6.45) is 2.79. The highest BCUT2D eigenvalue weighted by molar-refractivity contribution is 7.14. The van der Waals surface area contributed by atoms with Gasteiger partial charge >= 0.3 is 0 Å². The van der Waals surface area contributed by atoms with Crippen molar-refractivity contribution in [3.8, 4) is 5.75 Å². The third-order valence-corrected chi connectivity index (χ3v) is 6.49. The molecule has 27 heavy (non-hydrogen) atoms. The van der Waals surface area contributed by atoms with E-state index in [-0.39, 0.29) is 23.5 Å². The zero-order valence-corrected chi connectivity index (χ0v) is 17.0. The van der Waals surface area contributed by atoms with E-state index in [0.29, 0.717) is 6.54 Å². The minimum atomic E-state index is -0.324. The fraction of sp³-hybridized carbons (Fsp3) is 0.476. The first-order chi connectivity index (χ1) is 13.0. The summed E-state index contributed by atoms with van der Waals surface area (Å²) in [5, 5.41) is 3.18. The number of nitrogens with one attached hydrogen (secondary N) is 1. The molecule has 146 valence electrons. The lowest BCUT2D eigenvalue weighted by Crippen LogP contribution is -2.44. The zero-order chi connectivity index (χ0) is 19.4. The second kappa shape index (κ2) is 8.85. The highest BCUT2D eigenvalue weighted by atomic mass is 32.1. The van der Waals surface area contributed by atoms with Crippen LogP contribution in [0, 0.1) is 12.7 Å². The summed E-state index contributed by atoms with van der Waals surface area (Å²) in [7, 11) is 1.47. The Morgan fingerprint density at radius 2 is 2.07 bits per heavy atom. The predicted octanol–water partition coefficient (Wildman–Crippen LogP) is 4.16. The molecule has 1 fully saturated rings. The van der Waals surface area contributed by atoms with Gasteiger partial charge in [0.1, 0.15) is 0 Å². The SMILES string of the molecule is CCc1sc(C(=O)NC2CCN(Cc3ccc(OC)c(F)c3)CC2)cc1C. The normalized spacial score (nSPS) is 15.7. The van der Waals surface area contributed by atoms with Crippen molar-refractivity contribution in [2.24, 2.45) is 0 Å². The number of carbonyl (C=O) groups is 1. The van der Waals surface area contributed by atoms with Crippen LogP contribution < -0.4 is 10.1 Å². The first-order valence-corrected chi connectivity index (χ1v) is 10.3. The first-order valence-electron chi connectivity index (χ1n) is 9.45. The maximum atomic E-state index is 13.8. The number of benzene rings is 1. The van der Waals surface area contributed by atoms with Gasteiger partial charge in [0, 0.05) is 30.6 Å². The van der Waals surface area contributed by atoms with Crippen LogP contribution in [-0.4, -0.2) is 37.0 Å². The van der Waals surface area contributed by atoms with Crippen molar-refractivity contribution >= 4 is 17.2 Å². The third-order valence-electron chi connectivity index (χ3n) is 5.11. The molecule has 0 unspecified atom stereocenters. The Morgan fingerprint density at radius 3 is 2.67 bits per heavy atom. The van der Waals surface area contributed by atoms with Gasteiger partial charge in [0.2, 0.25) is 0 Å². The molecule has 2 aromatic rings. The summed E-state index contributed by atoms with van der Waals surface area (Å²) in [5.74, 6) is -0.0106. The van der Waals surface area contributed by atoms with E-state index in [9.17, 15) is 9.18 Å². The van der Waals surface area contributed by atoms with Gasteiger partial charge in [-0.3, -0.25) is 9.69 Å². The van der Waals surface area contributed by atoms with Crippen LogP contribution in [0.3, 0.4) is 0 Å². The first kappa shape index (κ1) is 19.8. The van der Waals surface area contributed by atoms with Crippen molar-refractivity contribution in [2.45, 2.75) is 45.7 Å². The van der Waals surface area contributed by atoms with Crippen molar-refractivity contribution in [3.05, 3.63) is 51.0 Å². The van der Waals surface area contributed by atoms with Gasteiger partial charge in [0.05, 0.1) is 12.0 Å². The van der Waals surface area contributed by atoms with E-state index < -0.39 is 0 Å². The molecule has 1 N–H and O–H groups in total. The molecule has 6 heteroatoms. The molecule has 0 atom stereocenters. The summed E-state index contributed by atoms with van der Waals surface area (Å²) >= 11 is 1.59. The molecular formula is C21H27FN2O2S. The number of hydrogen-bond donors (Lipinski definition) is 1. The lowest BCUT2D eigenvalue weighted by molar-refractivity contribution is 0.0913. The van der Waals surface area contributed by atoms with E-state index in [1.54, 1.807) is 17.4 Å². The van der Waals surface area contributed by atoms with Gasteiger partial charge in [-0.2, -0.15) is 0 Å². The van der Waals surface area contributed by atoms with Crippen LogP contribution in [0.1, 0.15) is 45.4 Å². The van der Waals surface area contributed by atoms with Gasteiger partial charge in [-0.25, -0.2) is 4.39 Å². The standard InChI is InChI=1S/C21H27FN2O2S/c1-4-19-14(2)11-20(27-19)21(25)23-16-7-9-24(10-8-16)13-15-5-6-18(26-3)17(22)12-15/h5-6,11-12,16H,4,7-10,13H2,1-3H3,(H,23,25). The third kappa shape index (κ3) is 4.87. The van der Waals surface area contributed by atoms with Crippen molar-refractivity contribution in [2.75, 3.05) is 20.2 Å². The Labute approximate surface area is 164 Å². The molecular weight excluding hydrogens is 363 g/mol. The minimum absolute atomic E-state index is 0.0403. The molecule has 0 saturated carbocycles. The monoisotopic (exact) mass is 390 g/mol. The average Bonchev–Trinajstić information content (AvgIpc) is 3.04. The van der Waals surface area contributed by atoms with E-state index in [1.807, 2.05) is 12.1 Å². The number of piperidine rings is 1. The molecule has 0 radical (unpaired) electrons. The molecule has 1 amide bonds. The molecule has 0 spiro atoms. The number of thiophene rings is 1. The Morgan fingerprint density at radius 1 is 1.33 bits per heavy atom. The number of likely N-dealkylation sites (tertiary alicyclic amines) is 1. The van der Waals surface area contributed by atoms with Gasteiger partial charge in [0.15, 0.2) is 11.6 Å². The predicted molar refractivity (Wildman–Crippen MR) is 107 cm³/mol. The smallest absolute Gasteiger partial charge is 0.261 e. The van der Waals surface area contributed by atoms with Gasteiger partial charge in [-0.1, -0.05) is 13.0 Å². The highest BCUT2D eigenvalue weighted by Gasteiger charge is 2.22. The van der Waals surface area contributed by atoms with Crippen LogP contribution in [0.5, 0.6) is 5.75 Å². The van der Waals surface area contributed by atoms with Crippen LogP contribution in [-0.2, 0) is 13.0 Å². The lowest BCUT2D eigenvalue weighted by atomic mass is 10.0. The van der Waals surface area contributed by atoms with Crippen molar-refractivity contribution in [3.63, 3.8) is 0 Å². The van der Waals surface area contributed by atoms with Crippen LogP contribution >= 0.6 is 11.3 Å². The Bertz CT molecular complexity index is 797. The largest absolute Gasteiger partial charge is 0.494 e. The summed E-state index contributed by atoms with van der Waals surface area (Å²) in [5.41, 5.74) is 2.14. The number of hydrogen-bond acceptors (Lipinski definition) is 4. The van der Waals surface area contributed by atoms with E-state index in [4.69, 9.17) is 4.74 Å². The number of amides is 1. The molecule has 1 aromatic heterocycles. The molecule has 1 aliphatic heterocycles. The summed E-state index contributed by atoms with van der Waals surface area (Å²) in [4.78, 5) is 16.9. The molecule has 0 bridgehead atoms. The molecule has 1 aliphatic rings. The quantitative estimate of drug-likeness (QED) is 0.805. The summed E-state index contributed by atoms with van der Waals surface area (Å²) < 4.78 is 18.8. The van der Waals surface area contributed by atoms with Crippen molar-refractivity contribution in [1.82, 2.24) is 10.2 Å².